The minimum Gasteiger partial charge on any atom is -0.469 e. The van der Waals surface area contributed by atoms with Crippen molar-refractivity contribution in [1.29, 1.82) is 0 Å². The molecule has 4 atom stereocenters. The molecule has 2 rings (SSSR count). The second-order valence-corrected chi connectivity index (χ2v) is 3.93. The van der Waals surface area contributed by atoms with Crippen molar-refractivity contribution in [3.63, 3.8) is 0 Å². The third kappa shape index (κ3) is 1.14. The van der Waals surface area contributed by atoms with Gasteiger partial charge >= 0.3 is 5.97 Å². The van der Waals surface area contributed by atoms with Gasteiger partial charge < -0.3 is 10.5 Å². The molecule has 4 heteroatoms. The first-order valence-corrected chi connectivity index (χ1v) is 4.70. The van der Waals surface area contributed by atoms with Gasteiger partial charge in [-0.3, -0.25) is 9.59 Å². The van der Waals surface area contributed by atoms with E-state index in [0.29, 0.717) is 0 Å². The summed E-state index contributed by atoms with van der Waals surface area (Å²) in [4.78, 5) is 22.7. The Kier molecular flexibility index (Phi) is 2.06. The minimum atomic E-state index is -0.391. The maximum Gasteiger partial charge on any atom is 0.310 e. The summed E-state index contributed by atoms with van der Waals surface area (Å²) in [6, 6.07) is 0. The lowest BCUT2D eigenvalue weighted by Gasteiger charge is -2.22. The number of allylic oxidation sites excluding steroid dienone is 2. The van der Waals surface area contributed by atoms with Crippen LogP contribution < -0.4 is 5.73 Å². The van der Waals surface area contributed by atoms with Crippen LogP contribution in [-0.4, -0.2) is 19.0 Å². The Morgan fingerprint density at radius 3 is 2.36 bits per heavy atom. The molecule has 0 aliphatic heterocycles. The molecule has 4 nitrogen and oxygen atoms in total. The van der Waals surface area contributed by atoms with Crippen molar-refractivity contribution in [1.82, 2.24) is 0 Å². The first-order chi connectivity index (χ1) is 6.65. The summed E-state index contributed by atoms with van der Waals surface area (Å²) in [6.07, 6.45) is 4.83. The van der Waals surface area contributed by atoms with Crippen molar-refractivity contribution in [2.45, 2.75) is 6.42 Å². The number of carbonyl (C=O) groups excluding carboxylic acids is 2. The van der Waals surface area contributed by atoms with Crippen molar-refractivity contribution in [3.05, 3.63) is 12.2 Å². The number of carbonyl (C=O) groups is 2. The average molecular weight is 195 g/mol. The van der Waals surface area contributed by atoms with E-state index in [2.05, 4.69) is 4.74 Å². The van der Waals surface area contributed by atoms with E-state index in [4.69, 9.17) is 5.73 Å². The number of ether oxygens (including phenoxy) is 1. The molecule has 0 unspecified atom stereocenters. The van der Waals surface area contributed by atoms with E-state index in [9.17, 15) is 9.59 Å². The number of amides is 1. The number of esters is 1. The van der Waals surface area contributed by atoms with Gasteiger partial charge in [0.25, 0.3) is 0 Å². The predicted octanol–water partition coefficient (Wildman–Crippen LogP) is 0.0830. The van der Waals surface area contributed by atoms with E-state index in [0.717, 1.165) is 6.42 Å². The number of nitrogens with two attached hydrogens (primary N) is 1. The maximum absolute atomic E-state index is 11.5. The van der Waals surface area contributed by atoms with Crippen LogP contribution in [0.1, 0.15) is 6.42 Å². The summed E-state index contributed by atoms with van der Waals surface area (Å²) in [5.74, 6) is -1.14. The van der Waals surface area contributed by atoms with E-state index < -0.39 is 5.91 Å². The molecule has 0 spiro atoms. The number of primary amides is 1. The summed E-state index contributed by atoms with van der Waals surface area (Å²) in [5, 5.41) is 0. The van der Waals surface area contributed by atoms with Crippen LogP contribution in [0.25, 0.3) is 0 Å². The second-order valence-electron chi connectivity index (χ2n) is 3.93. The van der Waals surface area contributed by atoms with E-state index >= 15 is 0 Å². The second kappa shape index (κ2) is 3.12. The fraction of sp³-hybridized carbons (Fsp3) is 0.600. The molecular weight excluding hydrogens is 182 g/mol. The number of methoxy groups -OCH3 is 1. The van der Waals surface area contributed by atoms with Gasteiger partial charge in [0, 0.05) is 0 Å². The van der Waals surface area contributed by atoms with Crippen LogP contribution in [0, 0.1) is 23.7 Å². The molecule has 0 radical (unpaired) electrons. The molecule has 76 valence electrons. The molecule has 1 amide bonds. The number of hydrogen-bond acceptors (Lipinski definition) is 3. The third-order valence-electron chi connectivity index (χ3n) is 3.26. The van der Waals surface area contributed by atoms with Gasteiger partial charge in [-0.25, -0.2) is 0 Å². The topological polar surface area (TPSA) is 69.4 Å². The Morgan fingerprint density at radius 1 is 1.29 bits per heavy atom. The lowest BCUT2D eigenvalue weighted by Crippen LogP contribution is -2.37. The Balaban J connectivity index is 2.26. The molecular formula is C10H13NO3. The van der Waals surface area contributed by atoms with Gasteiger partial charge in [0.2, 0.25) is 5.91 Å². The molecule has 0 heterocycles. The predicted molar refractivity (Wildman–Crippen MR) is 48.9 cm³/mol. The zero-order valence-electron chi connectivity index (χ0n) is 7.97. The highest BCUT2D eigenvalue weighted by Gasteiger charge is 2.51. The Labute approximate surface area is 82.1 Å². The highest BCUT2D eigenvalue weighted by atomic mass is 16.5. The van der Waals surface area contributed by atoms with Crippen molar-refractivity contribution >= 4 is 11.9 Å². The van der Waals surface area contributed by atoms with Gasteiger partial charge in [-0.1, -0.05) is 12.2 Å². The van der Waals surface area contributed by atoms with E-state index in [1.807, 2.05) is 12.2 Å². The first-order valence-electron chi connectivity index (χ1n) is 4.70. The molecule has 0 saturated heterocycles. The fourth-order valence-electron chi connectivity index (χ4n) is 2.67. The van der Waals surface area contributed by atoms with Gasteiger partial charge in [-0.05, 0) is 18.3 Å². The molecule has 2 aliphatic rings. The molecule has 1 saturated carbocycles. The summed E-state index contributed by atoms with van der Waals surface area (Å²) in [5.41, 5.74) is 5.29. The van der Waals surface area contributed by atoms with Crippen LogP contribution in [0.15, 0.2) is 12.2 Å². The zero-order valence-corrected chi connectivity index (χ0v) is 7.97. The van der Waals surface area contributed by atoms with Gasteiger partial charge in [-0.15, -0.1) is 0 Å². The number of fused-ring (bicyclic) bond motifs is 2. The molecule has 0 aromatic heterocycles. The van der Waals surface area contributed by atoms with Gasteiger partial charge in [0.15, 0.2) is 0 Å². The number of hydrogen-bond donors (Lipinski definition) is 1. The standard InChI is InChI=1S/C10H13NO3/c1-14-10(13)8-6-3-2-5(4-6)7(8)9(11)12/h2-3,5-8H,4H2,1H3,(H2,11,12)/t5-,6+,7-,8+/m0/s1. The summed E-state index contributed by atoms with van der Waals surface area (Å²) >= 11 is 0. The summed E-state index contributed by atoms with van der Waals surface area (Å²) in [7, 11) is 1.34. The first kappa shape index (κ1) is 9.24. The molecule has 14 heavy (non-hydrogen) atoms. The molecule has 0 aromatic carbocycles. The van der Waals surface area contributed by atoms with Crippen molar-refractivity contribution in [2.75, 3.05) is 7.11 Å². The highest BCUT2D eigenvalue weighted by molar-refractivity contribution is 5.86. The third-order valence-corrected chi connectivity index (χ3v) is 3.26. The molecule has 2 bridgehead atoms. The van der Waals surface area contributed by atoms with Crippen LogP contribution >= 0.6 is 0 Å². The summed E-state index contributed by atoms with van der Waals surface area (Å²) < 4.78 is 4.69. The van der Waals surface area contributed by atoms with Crippen LogP contribution in [-0.2, 0) is 14.3 Å². The molecule has 2 N–H and O–H groups in total. The monoisotopic (exact) mass is 195 g/mol. The van der Waals surface area contributed by atoms with E-state index in [-0.39, 0.29) is 29.6 Å². The smallest absolute Gasteiger partial charge is 0.310 e. The quantitative estimate of drug-likeness (QED) is 0.501. The van der Waals surface area contributed by atoms with E-state index in [1.165, 1.54) is 7.11 Å². The summed E-state index contributed by atoms with van der Waals surface area (Å²) in [6.45, 7) is 0. The molecule has 1 fully saturated rings. The van der Waals surface area contributed by atoms with Crippen LogP contribution in [0.3, 0.4) is 0 Å². The van der Waals surface area contributed by atoms with Crippen LogP contribution in [0.5, 0.6) is 0 Å². The highest BCUT2D eigenvalue weighted by Crippen LogP contribution is 2.48. The fourth-order valence-corrected chi connectivity index (χ4v) is 2.67. The molecule has 2 aliphatic carbocycles. The Morgan fingerprint density at radius 2 is 1.86 bits per heavy atom. The van der Waals surface area contributed by atoms with Gasteiger partial charge in [0.05, 0.1) is 18.9 Å². The largest absolute Gasteiger partial charge is 0.469 e. The van der Waals surface area contributed by atoms with Crippen molar-refractivity contribution in [3.8, 4) is 0 Å². The normalized spacial score (nSPS) is 38.6. The Bertz CT molecular complexity index is 310. The van der Waals surface area contributed by atoms with Gasteiger partial charge in [0.1, 0.15) is 0 Å². The maximum atomic E-state index is 11.5. The lowest BCUT2D eigenvalue weighted by molar-refractivity contribution is -0.150. The minimum absolute atomic E-state index is 0.140. The lowest BCUT2D eigenvalue weighted by atomic mass is 9.82. The Hall–Kier alpha value is -1.32. The van der Waals surface area contributed by atoms with Crippen molar-refractivity contribution < 1.29 is 14.3 Å². The van der Waals surface area contributed by atoms with Crippen LogP contribution in [0.4, 0.5) is 0 Å². The average Bonchev–Trinajstić information content (AvgIpc) is 2.74. The number of rotatable bonds is 2. The SMILES string of the molecule is COC(=O)[C@H]1[C@@H](C(N)=O)[C@H]2C=C[C@@H]1C2. The van der Waals surface area contributed by atoms with E-state index in [1.54, 1.807) is 0 Å². The van der Waals surface area contributed by atoms with Gasteiger partial charge in [-0.2, -0.15) is 0 Å². The zero-order chi connectivity index (χ0) is 10.3. The van der Waals surface area contributed by atoms with Crippen LogP contribution in [0.2, 0.25) is 0 Å². The van der Waals surface area contributed by atoms with Crippen molar-refractivity contribution in [2.24, 2.45) is 29.4 Å². The molecule has 0 aromatic rings.